The Hall–Kier alpha value is 0.440. The van der Waals surface area contributed by atoms with Gasteiger partial charge in [0.05, 0.1) is 5.45 Å². The Kier molecular flexibility index (Phi) is 5.23. The molecule has 0 amide bonds. The minimum Gasteiger partial charge on any atom is -0.293 e. The smallest absolute Gasteiger partial charge is 0.0542 e. The van der Waals surface area contributed by atoms with E-state index in [1.54, 1.807) is 89.9 Å². The van der Waals surface area contributed by atoms with Gasteiger partial charge >= 0.3 is 0 Å². The number of hydrogen-bond donors (Lipinski definition) is 0. The summed E-state index contributed by atoms with van der Waals surface area (Å²) in [6.07, 6.45) is 22.7. The van der Waals surface area contributed by atoms with Crippen LogP contribution in [0.4, 0.5) is 0 Å². The summed E-state index contributed by atoms with van der Waals surface area (Å²) in [5.74, 6) is 18.3. The van der Waals surface area contributed by atoms with Crippen LogP contribution in [0, 0.1) is 94.7 Å². The number of rotatable bonds is 1. The molecule has 0 aromatic heterocycles. The minimum atomic E-state index is 1.04. The predicted molar refractivity (Wildman–Crippen MR) is 146 cm³/mol. The second kappa shape index (κ2) is 8.22. The molecule has 0 N–H and O–H groups in total. The van der Waals surface area contributed by atoms with Crippen molar-refractivity contribution >= 4 is 15.9 Å². The Labute approximate surface area is 223 Å². The minimum absolute atomic E-state index is 1.04. The molecule has 2 heteroatoms. The van der Waals surface area contributed by atoms with Crippen LogP contribution >= 0.6 is 15.9 Å². The molecule has 8 aliphatic carbocycles. The zero-order valence-corrected chi connectivity index (χ0v) is 23.7. The number of likely N-dealkylation sites (tertiary alicyclic amines) is 1. The number of piperidine rings is 1. The molecule has 1 nitrogen and oxygen atoms in total. The van der Waals surface area contributed by atoms with Crippen LogP contribution in [0.25, 0.3) is 0 Å². The third-order valence-electron chi connectivity index (χ3n) is 15.5. The fourth-order valence-electron chi connectivity index (χ4n) is 15.2. The molecule has 1 heterocycles. The van der Waals surface area contributed by atoms with Gasteiger partial charge in [0, 0.05) is 13.1 Å². The van der Waals surface area contributed by atoms with E-state index in [4.69, 9.17) is 0 Å². The highest BCUT2D eigenvalue weighted by molar-refractivity contribution is 9.09. The Morgan fingerprint density at radius 3 is 1.26 bits per heavy atom. The molecule has 0 aromatic carbocycles. The molecule has 0 bridgehead atoms. The largest absolute Gasteiger partial charge is 0.293 e. The van der Waals surface area contributed by atoms with Gasteiger partial charge in [-0.05, 0) is 159 Å². The molecular weight excluding hydrogens is 490 g/mol. The van der Waals surface area contributed by atoms with Gasteiger partial charge in [-0.15, -0.1) is 0 Å². The lowest BCUT2D eigenvalue weighted by molar-refractivity contribution is -0.228. The molecule has 9 rings (SSSR count). The maximum absolute atomic E-state index is 3.84. The van der Waals surface area contributed by atoms with Gasteiger partial charge in [0.1, 0.15) is 0 Å². The summed E-state index contributed by atoms with van der Waals surface area (Å²) < 4.78 is 0. The first-order chi connectivity index (χ1) is 17.3. The van der Waals surface area contributed by atoms with Crippen molar-refractivity contribution in [1.29, 1.82) is 0 Å². The van der Waals surface area contributed by atoms with Gasteiger partial charge in [-0.3, -0.25) is 4.90 Å². The number of halogens is 1. The van der Waals surface area contributed by atoms with Crippen molar-refractivity contribution < 1.29 is 0 Å². The zero-order chi connectivity index (χ0) is 22.8. The maximum atomic E-state index is 3.84. The van der Waals surface area contributed by atoms with Crippen LogP contribution in [-0.4, -0.2) is 23.4 Å². The number of alkyl halides is 1. The van der Waals surface area contributed by atoms with Crippen LogP contribution in [0.3, 0.4) is 0 Å². The van der Waals surface area contributed by atoms with E-state index in [0.717, 1.165) is 82.4 Å². The number of nitrogens with zero attached hydrogens (tertiary/aromatic N) is 1. The third kappa shape index (κ3) is 2.97. The molecule has 9 fully saturated rings. The lowest BCUT2D eigenvalue weighted by atomic mass is 9.34. The van der Waals surface area contributed by atoms with Crippen molar-refractivity contribution in [3.05, 3.63) is 0 Å². The average molecular weight is 541 g/mol. The first-order valence-corrected chi connectivity index (χ1v) is 17.7. The van der Waals surface area contributed by atoms with Crippen molar-refractivity contribution in [3.8, 4) is 0 Å². The first-order valence-electron chi connectivity index (χ1n) is 16.6. The first kappa shape index (κ1) is 22.3. The monoisotopic (exact) mass is 539 g/mol. The van der Waals surface area contributed by atoms with Crippen molar-refractivity contribution in [2.45, 2.75) is 89.9 Å². The molecule has 10 atom stereocenters. The summed E-state index contributed by atoms with van der Waals surface area (Å²) in [5.41, 5.74) is 1.12. The van der Waals surface area contributed by atoms with E-state index in [-0.39, 0.29) is 0 Å². The van der Waals surface area contributed by atoms with Crippen molar-refractivity contribution in [2.75, 3.05) is 18.5 Å². The summed E-state index contributed by atoms with van der Waals surface area (Å²) in [6, 6.07) is 0. The Morgan fingerprint density at radius 2 is 0.800 bits per heavy atom. The molecule has 0 radical (unpaired) electrons. The van der Waals surface area contributed by atoms with Crippen LogP contribution in [0.1, 0.15) is 89.9 Å². The second-order valence-corrected chi connectivity index (χ2v) is 16.3. The number of hydrogen-bond acceptors (Lipinski definition) is 1. The predicted octanol–water partition coefficient (Wildman–Crippen LogP) is 8.08. The molecule has 194 valence electrons. The van der Waals surface area contributed by atoms with Gasteiger partial charge < -0.3 is 0 Å². The maximum Gasteiger partial charge on any atom is 0.0542 e. The van der Waals surface area contributed by atoms with Crippen molar-refractivity contribution in [2.24, 2.45) is 94.7 Å². The average Bonchev–Trinajstić information content (AvgIpc) is 2.92. The highest BCUT2D eigenvalue weighted by atomic mass is 79.9. The molecule has 1 aliphatic heterocycles. The highest BCUT2D eigenvalue weighted by Gasteiger charge is 2.66. The topological polar surface area (TPSA) is 3.24 Å². The molecule has 0 aromatic rings. The molecule has 35 heavy (non-hydrogen) atoms. The van der Waals surface area contributed by atoms with Crippen LogP contribution in [0.15, 0.2) is 0 Å². The van der Waals surface area contributed by atoms with Gasteiger partial charge in [0.2, 0.25) is 0 Å². The summed E-state index contributed by atoms with van der Waals surface area (Å²) in [5, 5.41) is 0. The van der Waals surface area contributed by atoms with Gasteiger partial charge in [-0.2, -0.15) is 0 Å². The highest BCUT2D eigenvalue weighted by Crippen LogP contribution is 2.72. The van der Waals surface area contributed by atoms with E-state index >= 15 is 0 Å². The molecule has 10 unspecified atom stereocenters. The lowest BCUT2D eigenvalue weighted by Crippen LogP contribution is -2.66. The van der Waals surface area contributed by atoms with Crippen molar-refractivity contribution in [3.63, 3.8) is 0 Å². The summed E-state index contributed by atoms with van der Waals surface area (Å²) in [4.78, 5) is 2.77. The molecule has 8 saturated carbocycles. The Bertz CT molecular complexity index is 781. The van der Waals surface area contributed by atoms with Gasteiger partial charge in [-0.1, -0.05) is 41.6 Å². The van der Waals surface area contributed by atoms with E-state index in [9.17, 15) is 0 Å². The van der Waals surface area contributed by atoms with E-state index in [2.05, 4.69) is 20.8 Å². The third-order valence-corrected chi connectivity index (χ3v) is 16.2. The van der Waals surface area contributed by atoms with Crippen molar-refractivity contribution in [1.82, 2.24) is 4.90 Å². The molecule has 9 aliphatic rings. The summed E-state index contributed by atoms with van der Waals surface area (Å²) >= 11 is 3.84. The fourth-order valence-corrected chi connectivity index (χ4v) is 15.6. The van der Waals surface area contributed by atoms with Gasteiger partial charge in [0.25, 0.3) is 0 Å². The number of fused-ring (bicyclic) bond motifs is 4. The fraction of sp³-hybridized carbons (Fsp3) is 1.00. The molecule has 1 saturated heterocycles. The van der Waals surface area contributed by atoms with Crippen LogP contribution in [-0.2, 0) is 0 Å². The Balaban J connectivity index is 1.08. The van der Waals surface area contributed by atoms with Crippen LogP contribution in [0.5, 0.6) is 0 Å². The summed E-state index contributed by atoms with van der Waals surface area (Å²) in [7, 11) is 0. The molecular formula is C33H50BrN. The second-order valence-electron chi connectivity index (χ2n) is 15.8. The quantitative estimate of drug-likeness (QED) is 0.240. The van der Waals surface area contributed by atoms with E-state index in [1.165, 1.54) is 30.8 Å². The van der Waals surface area contributed by atoms with E-state index < -0.39 is 0 Å². The van der Waals surface area contributed by atoms with Crippen LogP contribution in [0.2, 0.25) is 0 Å². The van der Waals surface area contributed by atoms with E-state index in [1.807, 2.05) is 0 Å². The van der Waals surface area contributed by atoms with E-state index in [0.29, 0.717) is 0 Å². The van der Waals surface area contributed by atoms with Gasteiger partial charge in [-0.25, -0.2) is 0 Å². The van der Waals surface area contributed by atoms with Crippen LogP contribution < -0.4 is 0 Å². The Morgan fingerprint density at radius 1 is 0.400 bits per heavy atom. The zero-order valence-electron chi connectivity index (χ0n) is 22.1. The lowest BCUT2D eigenvalue weighted by Gasteiger charge is -2.71. The SMILES string of the molecule is BrCN1CC2CCC3C4CCC5C6CCCC7CCCC(C8CCC(C9CCC(C1)C2C39)C4C58)C76. The standard InChI is InChI=1S/C33H50BrN/c34-17-35-15-19-7-9-23-27-13-11-25-21-5-1-3-18-4-2-6-22(30(18)21)26-12-14-28(33(27)32(25)26)24-10-8-20(16-35)29(19)31(23)24/h18-33H,1-17H2. The van der Waals surface area contributed by atoms with Gasteiger partial charge in [0.15, 0.2) is 0 Å². The summed E-state index contributed by atoms with van der Waals surface area (Å²) in [6.45, 7) is 2.83. The normalized spacial score (nSPS) is 62.3. The molecule has 0 spiro atoms.